The van der Waals surface area contributed by atoms with E-state index in [9.17, 15) is 4.79 Å². The van der Waals surface area contributed by atoms with E-state index in [-0.39, 0.29) is 5.97 Å². The highest BCUT2D eigenvalue weighted by atomic mass is 32.1. The van der Waals surface area contributed by atoms with Crippen LogP contribution in [0.3, 0.4) is 0 Å². The molecule has 2 aromatic heterocycles. The van der Waals surface area contributed by atoms with Gasteiger partial charge in [0.2, 0.25) is 0 Å². The van der Waals surface area contributed by atoms with Crippen molar-refractivity contribution in [3.8, 4) is 0 Å². The van der Waals surface area contributed by atoms with Crippen LogP contribution in [0, 0.1) is 0 Å². The van der Waals surface area contributed by atoms with Gasteiger partial charge in [0.1, 0.15) is 17.0 Å². The Morgan fingerprint density at radius 2 is 2.26 bits per heavy atom. The highest BCUT2D eigenvalue weighted by Crippen LogP contribution is 2.23. The Labute approximate surface area is 116 Å². The molecule has 102 valence electrons. The predicted molar refractivity (Wildman–Crippen MR) is 76.4 cm³/mol. The van der Waals surface area contributed by atoms with Crippen LogP contribution < -0.4 is 5.32 Å². The third-order valence-electron chi connectivity index (χ3n) is 2.84. The third kappa shape index (κ3) is 3.89. The van der Waals surface area contributed by atoms with Gasteiger partial charge in [0, 0.05) is 13.0 Å². The first-order chi connectivity index (χ1) is 9.31. The van der Waals surface area contributed by atoms with E-state index in [2.05, 4.69) is 20.0 Å². The smallest absolute Gasteiger partial charge is 0.305 e. The molecule has 0 aliphatic carbocycles. The van der Waals surface area contributed by atoms with Crippen LogP contribution in [0.4, 0.5) is 5.82 Å². The van der Waals surface area contributed by atoms with Crippen LogP contribution in [0.5, 0.6) is 0 Å². The molecule has 0 saturated carbocycles. The normalized spacial score (nSPS) is 10.6. The van der Waals surface area contributed by atoms with Crippen molar-refractivity contribution in [3.05, 3.63) is 17.8 Å². The number of rotatable bonds is 7. The predicted octanol–water partition coefficient (Wildman–Crippen LogP) is 2.84. The molecule has 0 bridgehead atoms. The average molecular weight is 279 g/mol. The Kier molecular flexibility index (Phi) is 5.09. The maximum absolute atomic E-state index is 10.9. The average Bonchev–Trinajstić information content (AvgIpc) is 2.91. The zero-order valence-electron chi connectivity index (χ0n) is 10.9. The number of carbonyl (C=O) groups is 1. The zero-order chi connectivity index (χ0) is 13.5. The Bertz CT molecular complexity index is 541. The molecule has 0 fully saturated rings. The molecule has 0 radical (unpaired) electrons. The lowest BCUT2D eigenvalue weighted by Crippen LogP contribution is -2.04. The Hall–Kier alpha value is -1.69. The largest absolute Gasteiger partial charge is 0.469 e. The number of hydrogen-bond acceptors (Lipinski definition) is 6. The highest BCUT2D eigenvalue weighted by molar-refractivity contribution is 7.16. The van der Waals surface area contributed by atoms with Crippen LogP contribution in [0.2, 0.25) is 0 Å². The van der Waals surface area contributed by atoms with E-state index in [0.29, 0.717) is 6.42 Å². The van der Waals surface area contributed by atoms with Crippen molar-refractivity contribution in [2.24, 2.45) is 0 Å². The number of nitrogens with one attached hydrogen (secondary N) is 1. The van der Waals surface area contributed by atoms with Gasteiger partial charge in [0.15, 0.2) is 0 Å². The van der Waals surface area contributed by atoms with Crippen LogP contribution in [0.15, 0.2) is 17.8 Å². The van der Waals surface area contributed by atoms with Gasteiger partial charge in [-0.2, -0.15) is 0 Å². The van der Waals surface area contributed by atoms with Crippen molar-refractivity contribution in [2.75, 3.05) is 19.0 Å². The van der Waals surface area contributed by atoms with Crippen molar-refractivity contribution in [1.29, 1.82) is 0 Å². The van der Waals surface area contributed by atoms with E-state index in [0.717, 1.165) is 41.8 Å². The summed E-state index contributed by atoms with van der Waals surface area (Å²) >= 11 is 1.61. The summed E-state index contributed by atoms with van der Waals surface area (Å²) in [6.45, 7) is 0.850. The summed E-state index contributed by atoms with van der Waals surface area (Å²) in [4.78, 5) is 20.4. The molecule has 0 aromatic carbocycles. The van der Waals surface area contributed by atoms with E-state index >= 15 is 0 Å². The molecule has 0 atom stereocenters. The summed E-state index contributed by atoms with van der Waals surface area (Å²) < 4.78 is 4.60. The summed E-state index contributed by atoms with van der Waals surface area (Å²) in [6, 6.07) is 2.03. The van der Waals surface area contributed by atoms with Gasteiger partial charge in [-0.25, -0.2) is 9.97 Å². The molecule has 0 unspecified atom stereocenters. The maximum Gasteiger partial charge on any atom is 0.305 e. The Balaban J connectivity index is 1.71. The number of unbranched alkanes of at least 4 members (excludes halogenated alkanes) is 2. The molecule has 0 aliphatic heterocycles. The van der Waals surface area contributed by atoms with Gasteiger partial charge < -0.3 is 10.1 Å². The molecule has 1 N–H and O–H groups in total. The molecule has 2 aromatic rings. The van der Waals surface area contributed by atoms with Crippen molar-refractivity contribution in [3.63, 3.8) is 0 Å². The van der Waals surface area contributed by atoms with Crippen molar-refractivity contribution in [1.82, 2.24) is 9.97 Å². The minimum absolute atomic E-state index is 0.135. The summed E-state index contributed by atoms with van der Waals surface area (Å²) in [5.74, 6) is 0.753. The highest BCUT2D eigenvalue weighted by Gasteiger charge is 2.03. The molecule has 0 saturated heterocycles. The van der Waals surface area contributed by atoms with Gasteiger partial charge in [-0.15, -0.1) is 11.3 Å². The van der Waals surface area contributed by atoms with Crippen molar-refractivity contribution in [2.45, 2.75) is 25.7 Å². The molecule has 0 aliphatic rings. The standard InChI is InChI=1S/C13H17N3O2S/c1-18-11(17)5-3-2-4-7-14-12-10-6-8-19-13(10)16-9-15-12/h6,8-9H,2-5,7H2,1H3,(H,14,15,16). The number of ether oxygens (including phenoxy) is 1. The summed E-state index contributed by atoms with van der Waals surface area (Å²) in [6.07, 6.45) is 4.95. The number of esters is 1. The fourth-order valence-electron chi connectivity index (χ4n) is 1.81. The summed E-state index contributed by atoms with van der Waals surface area (Å²) in [5.41, 5.74) is 0. The molecule has 0 spiro atoms. The monoisotopic (exact) mass is 279 g/mol. The summed E-state index contributed by atoms with van der Waals surface area (Å²) in [5, 5.41) is 6.40. The molecular weight excluding hydrogens is 262 g/mol. The van der Waals surface area contributed by atoms with Gasteiger partial charge in [-0.1, -0.05) is 6.42 Å². The third-order valence-corrected chi connectivity index (χ3v) is 3.66. The topological polar surface area (TPSA) is 64.1 Å². The number of anilines is 1. The number of fused-ring (bicyclic) bond motifs is 1. The van der Waals surface area contributed by atoms with Crippen LogP contribution in [0.1, 0.15) is 25.7 Å². The number of methoxy groups -OCH3 is 1. The fraction of sp³-hybridized carbons (Fsp3) is 0.462. The molecule has 5 nitrogen and oxygen atoms in total. The van der Waals surface area contributed by atoms with Crippen molar-refractivity contribution >= 4 is 33.3 Å². The van der Waals surface area contributed by atoms with Crippen LogP contribution in [-0.2, 0) is 9.53 Å². The second-order valence-electron chi connectivity index (χ2n) is 4.18. The quantitative estimate of drug-likeness (QED) is 0.623. The van der Waals surface area contributed by atoms with Gasteiger partial charge in [-0.05, 0) is 24.3 Å². The second-order valence-corrected chi connectivity index (χ2v) is 5.07. The van der Waals surface area contributed by atoms with Gasteiger partial charge in [0.25, 0.3) is 0 Å². The van der Waals surface area contributed by atoms with Gasteiger partial charge in [0.05, 0.1) is 12.5 Å². The fourth-order valence-corrected chi connectivity index (χ4v) is 2.54. The second kappa shape index (κ2) is 7.04. The van der Waals surface area contributed by atoms with E-state index in [1.54, 1.807) is 17.7 Å². The Morgan fingerprint density at radius 3 is 3.11 bits per heavy atom. The molecule has 6 heteroatoms. The van der Waals surface area contributed by atoms with Gasteiger partial charge >= 0.3 is 5.97 Å². The van der Waals surface area contributed by atoms with Crippen LogP contribution >= 0.6 is 11.3 Å². The SMILES string of the molecule is COC(=O)CCCCCNc1ncnc2sccc12. The van der Waals surface area contributed by atoms with E-state index in [1.165, 1.54) is 7.11 Å². The molecule has 2 heterocycles. The zero-order valence-corrected chi connectivity index (χ0v) is 11.7. The first kappa shape index (κ1) is 13.7. The van der Waals surface area contributed by atoms with Crippen LogP contribution in [-0.4, -0.2) is 29.6 Å². The lowest BCUT2D eigenvalue weighted by molar-refractivity contribution is -0.140. The lowest BCUT2D eigenvalue weighted by atomic mass is 10.2. The number of thiophene rings is 1. The van der Waals surface area contributed by atoms with Gasteiger partial charge in [-0.3, -0.25) is 4.79 Å². The van der Waals surface area contributed by atoms with Crippen LogP contribution in [0.25, 0.3) is 10.2 Å². The number of carbonyl (C=O) groups excluding carboxylic acids is 1. The summed E-state index contributed by atoms with van der Waals surface area (Å²) in [7, 11) is 1.42. The lowest BCUT2D eigenvalue weighted by Gasteiger charge is -2.06. The molecule has 19 heavy (non-hydrogen) atoms. The van der Waals surface area contributed by atoms with E-state index in [4.69, 9.17) is 0 Å². The number of nitrogens with zero attached hydrogens (tertiary/aromatic N) is 2. The minimum atomic E-state index is -0.135. The maximum atomic E-state index is 10.9. The molecule has 0 amide bonds. The first-order valence-electron chi connectivity index (χ1n) is 6.30. The molecular formula is C13H17N3O2S. The number of aromatic nitrogens is 2. The minimum Gasteiger partial charge on any atom is -0.469 e. The number of hydrogen-bond donors (Lipinski definition) is 1. The van der Waals surface area contributed by atoms with E-state index in [1.807, 2.05) is 11.4 Å². The van der Waals surface area contributed by atoms with Crippen molar-refractivity contribution < 1.29 is 9.53 Å². The molecule has 2 rings (SSSR count). The Morgan fingerprint density at radius 1 is 1.37 bits per heavy atom. The first-order valence-corrected chi connectivity index (χ1v) is 7.18. The van der Waals surface area contributed by atoms with E-state index < -0.39 is 0 Å².